The molecule has 0 unspecified atom stereocenters. The van der Waals surface area contributed by atoms with Gasteiger partial charge in [0.1, 0.15) is 4.90 Å². The Morgan fingerprint density at radius 2 is 1.77 bits per heavy atom. The van der Waals surface area contributed by atoms with Crippen LogP contribution in [0.15, 0.2) is 47.4 Å². The third-order valence-electron chi connectivity index (χ3n) is 4.97. The topological polar surface area (TPSA) is 102 Å². The van der Waals surface area contributed by atoms with Crippen molar-refractivity contribution in [2.45, 2.75) is 24.8 Å². The highest BCUT2D eigenvalue weighted by Crippen LogP contribution is 2.34. The minimum Gasteiger partial charge on any atom is -0.379 e. The Morgan fingerprint density at radius 3 is 2.33 bits per heavy atom. The maximum atomic E-state index is 13.3. The zero-order valence-electron chi connectivity index (χ0n) is 16.7. The van der Waals surface area contributed by atoms with Crippen molar-refractivity contribution in [3.8, 4) is 0 Å². The molecule has 1 fully saturated rings. The molecule has 1 saturated heterocycles. The second-order valence-electron chi connectivity index (χ2n) is 7.37. The van der Waals surface area contributed by atoms with Gasteiger partial charge in [0.05, 0.1) is 29.9 Å². The minimum atomic E-state index is -3.94. The van der Waals surface area contributed by atoms with Crippen LogP contribution in [-0.2, 0) is 14.8 Å². The third kappa shape index (κ3) is 4.92. The summed E-state index contributed by atoms with van der Waals surface area (Å²) in [4.78, 5) is 10.6. The van der Waals surface area contributed by atoms with E-state index in [0.717, 1.165) is 11.6 Å². The molecule has 30 heavy (non-hydrogen) atoms. The number of hydrogen-bond acceptors (Lipinski definition) is 6. The summed E-state index contributed by atoms with van der Waals surface area (Å²) in [5.74, 6) is 0.111. The normalized spacial score (nSPS) is 16.4. The number of non-ortho nitro benzene ring substituents is 1. The average molecular weight is 454 g/mol. The van der Waals surface area contributed by atoms with Gasteiger partial charge in [-0.1, -0.05) is 37.6 Å². The molecule has 10 heteroatoms. The zero-order valence-corrected chi connectivity index (χ0v) is 18.3. The van der Waals surface area contributed by atoms with Crippen LogP contribution >= 0.6 is 11.6 Å². The first-order valence-corrected chi connectivity index (χ1v) is 11.4. The molecule has 3 rings (SSSR count). The summed E-state index contributed by atoms with van der Waals surface area (Å²) < 4.78 is 33.2. The van der Waals surface area contributed by atoms with E-state index < -0.39 is 14.9 Å². The van der Waals surface area contributed by atoms with Gasteiger partial charge in [0.15, 0.2) is 0 Å². The average Bonchev–Trinajstić information content (AvgIpc) is 2.73. The summed E-state index contributed by atoms with van der Waals surface area (Å²) in [6.07, 6.45) is 0. The van der Waals surface area contributed by atoms with E-state index in [4.69, 9.17) is 16.3 Å². The van der Waals surface area contributed by atoms with E-state index in [0.29, 0.717) is 10.7 Å². The highest BCUT2D eigenvalue weighted by molar-refractivity contribution is 7.89. The van der Waals surface area contributed by atoms with Crippen molar-refractivity contribution in [1.82, 2.24) is 4.31 Å². The summed E-state index contributed by atoms with van der Waals surface area (Å²) in [6, 6.07) is 11.0. The number of ether oxygens (including phenoxy) is 1. The first-order chi connectivity index (χ1) is 14.2. The van der Waals surface area contributed by atoms with Gasteiger partial charge >= 0.3 is 0 Å². The number of nitrogens with one attached hydrogen (secondary N) is 1. The molecule has 1 atom stereocenters. The van der Waals surface area contributed by atoms with Gasteiger partial charge in [-0.2, -0.15) is 4.31 Å². The molecule has 0 spiro atoms. The molecule has 2 aromatic carbocycles. The number of benzene rings is 2. The monoisotopic (exact) mass is 453 g/mol. The lowest BCUT2D eigenvalue weighted by Crippen LogP contribution is -2.40. The van der Waals surface area contributed by atoms with Crippen molar-refractivity contribution in [2.24, 2.45) is 5.92 Å². The number of hydrogen-bond donors (Lipinski definition) is 1. The van der Waals surface area contributed by atoms with Gasteiger partial charge in [0, 0.05) is 30.2 Å². The Balaban J connectivity index is 2.04. The second-order valence-corrected chi connectivity index (χ2v) is 9.71. The van der Waals surface area contributed by atoms with E-state index in [1.165, 1.54) is 16.4 Å². The number of anilines is 1. The number of sulfonamides is 1. The maximum Gasteiger partial charge on any atom is 0.270 e. The molecule has 1 aliphatic rings. The van der Waals surface area contributed by atoms with Gasteiger partial charge in [-0.3, -0.25) is 10.1 Å². The van der Waals surface area contributed by atoms with Gasteiger partial charge in [-0.05, 0) is 29.7 Å². The van der Waals surface area contributed by atoms with Crippen molar-refractivity contribution in [3.05, 3.63) is 63.2 Å². The van der Waals surface area contributed by atoms with Gasteiger partial charge < -0.3 is 10.1 Å². The first kappa shape index (κ1) is 22.5. The Morgan fingerprint density at radius 1 is 1.13 bits per heavy atom. The predicted molar refractivity (Wildman–Crippen MR) is 115 cm³/mol. The molecule has 0 radical (unpaired) electrons. The summed E-state index contributed by atoms with van der Waals surface area (Å²) in [7, 11) is -3.94. The van der Waals surface area contributed by atoms with Crippen molar-refractivity contribution in [2.75, 3.05) is 31.6 Å². The molecule has 0 bridgehead atoms. The first-order valence-electron chi connectivity index (χ1n) is 9.58. The van der Waals surface area contributed by atoms with Crippen LogP contribution < -0.4 is 5.32 Å². The number of rotatable bonds is 7. The van der Waals surface area contributed by atoms with E-state index in [9.17, 15) is 18.5 Å². The summed E-state index contributed by atoms with van der Waals surface area (Å²) in [5.41, 5.74) is 0.975. The van der Waals surface area contributed by atoms with Crippen LogP contribution in [0.4, 0.5) is 11.4 Å². The SMILES string of the molecule is CC(C)[C@H](Nc1ccc([N+](=O)[O-])cc1S(=O)(=O)N1CCOCC1)c1ccc(Cl)cc1. The number of nitrogens with zero attached hydrogens (tertiary/aromatic N) is 2. The predicted octanol–water partition coefficient (Wildman–Crippen LogP) is 4.08. The smallest absolute Gasteiger partial charge is 0.270 e. The fourth-order valence-electron chi connectivity index (χ4n) is 3.36. The number of morpholine rings is 1. The van der Waals surface area contributed by atoms with Crippen LogP contribution in [0.2, 0.25) is 5.02 Å². The fourth-order valence-corrected chi connectivity index (χ4v) is 5.06. The minimum absolute atomic E-state index is 0.111. The summed E-state index contributed by atoms with van der Waals surface area (Å²) >= 11 is 5.99. The van der Waals surface area contributed by atoms with Crippen LogP contribution in [0.1, 0.15) is 25.5 Å². The van der Waals surface area contributed by atoms with Gasteiger partial charge in [0.2, 0.25) is 10.0 Å². The molecule has 0 aromatic heterocycles. The Kier molecular flexibility index (Phi) is 6.97. The summed E-state index contributed by atoms with van der Waals surface area (Å²) in [6.45, 7) is 5.00. The van der Waals surface area contributed by atoms with E-state index >= 15 is 0 Å². The molecular weight excluding hydrogens is 430 g/mol. The van der Waals surface area contributed by atoms with Crippen LogP contribution in [-0.4, -0.2) is 43.9 Å². The molecule has 162 valence electrons. The number of nitro benzene ring substituents is 1. The highest BCUT2D eigenvalue weighted by Gasteiger charge is 2.31. The van der Waals surface area contributed by atoms with Crippen LogP contribution in [0.25, 0.3) is 0 Å². The largest absolute Gasteiger partial charge is 0.379 e. The Bertz CT molecular complexity index is 1010. The van der Waals surface area contributed by atoms with Gasteiger partial charge in [0.25, 0.3) is 5.69 Å². The Hall–Kier alpha value is -2.20. The van der Waals surface area contributed by atoms with Crippen LogP contribution in [0.5, 0.6) is 0 Å². The van der Waals surface area contributed by atoms with E-state index in [1.807, 2.05) is 26.0 Å². The van der Waals surface area contributed by atoms with Gasteiger partial charge in [-0.15, -0.1) is 0 Å². The lowest BCUT2D eigenvalue weighted by molar-refractivity contribution is -0.385. The molecule has 0 saturated carbocycles. The van der Waals surface area contributed by atoms with E-state index in [1.54, 1.807) is 12.1 Å². The maximum absolute atomic E-state index is 13.3. The molecule has 1 aliphatic heterocycles. The molecule has 8 nitrogen and oxygen atoms in total. The lowest BCUT2D eigenvalue weighted by Gasteiger charge is -2.29. The quantitative estimate of drug-likeness (QED) is 0.500. The fraction of sp³-hybridized carbons (Fsp3) is 0.400. The van der Waals surface area contributed by atoms with Crippen molar-refractivity contribution in [1.29, 1.82) is 0 Å². The number of halogens is 1. The van der Waals surface area contributed by atoms with Gasteiger partial charge in [-0.25, -0.2) is 8.42 Å². The molecule has 0 aliphatic carbocycles. The van der Waals surface area contributed by atoms with Crippen molar-refractivity contribution in [3.63, 3.8) is 0 Å². The standard InChI is InChI=1S/C20H24ClN3O5S/c1-14(2)20(15-3-5-16(21)6-4-15)22-18-8-7-17(24(25)26)13-19(18)30(27,28)23-9-11-29-12-10-23/h3-8,13-14,20,22H,9-12H2,1-2H3/t20-/m0/s1. The zero-order chi connectivity index (χ0) is 21.9. The van der Waals surface area contributed by atoms with Crippen LogP contribution in [0.3, 0.4) is 0 Å². The van der Waals surface area contributed by atoms with E-state index in [-0.39, 0.29) is 48.8 Å². The van der Waals surface area contributed by atoms with Crippen molar-refractivity contribution >= 4 is 33.0 Å². The summed E-state index contributed by atoms with van der Waals surface area (Å²) in [5, 5.41) is 15.2. The number of nitro groups is 1. The van der Waals surface area contributed by atoms with E-state index in [2.05, 4.69) is 5.32 Å². The molecule has 1 N–H and O–H groups in total. The highest BCUT2D eigenvalue weighted by atomic mass is 35.5. The molecular formula is C20H24ClN3O5S. The Labute approximate surface area is 181 Å². The molecule has 0 amide bonds. The molecule has 2 aromatic rings. The second kappa shape index (κ2) is 9.30. The lowest BCUT2D eigenvalue weighted by atomic mass is 9.95. The van der Waals surface area contributed by atoms with Crippen LogP contribution in [0, 0.1) is 16.0 Å². The molecule has 1 heterocycles. The van der Waals surface area contributed by atoms with Crippen molar-refractivity contribution < 1.29 is 18.1 Å². The third-order valence-corrected chi connectivity index (χ3v) is 7.16.